The van der Waals surface area contributed by atoms with E-state index in [4.69, 9.17) is 11.5 Å². The number of hydrogen-bond acceptors (Lipinski definition) is 5. The number of aliphatic imine (C=N–C) groups is 1. The summed E-state index contributed by atoms with van der Waals surface area (Å²) in [5.41, 5.74) is 12.9. The zero-order valence-electron chi connectivity index (χ0n) is 11.8. The van der Waals surface area contributed by atoms with Crippen LogP contribution in [-0.4, -0.2) is 21.8 Å². The first-order valence-electron chi connectivity index (χ1n) is 6.91. The molecule has 0 aliphatic heterocycles. The van der Waals surface area contributed by atoms with Crippen molar-refractivity contribution in [2.75, 3.05) is 0 Å². The van der Waals surface area contributed by atoms with E-state index in [0.717, 1.165) is 24.2 Å². The Morgan fingerprint density at radius 3 is 2.86 bits per heavy atom. The summed E-state index contributed by atoms with van der Waals surface area (Å²) in [5.74, 6) is 0.283. The second-order valence-electron chi connectivity index (χ2n) is 5.06. The molecule has 7 nitrogen and oxygen atoms in total. The predicted molar refractivity (Wildman–Crippen MR) is 85.4 cm³/mol. The summed E-state index contributed by atoms with van der Waals surface area (Å²) in [6.07, 6.45) is 1.98. The minimum atomic E-state index is -0.0228. The monoisotopic (exact) mass is 316 g/mol. The van der Waals surface area contributed by atoms with Gasteiger partial charge in [0.2, 0.25) is 11.0 Å². The zero-order valence-corrected chi connectivity index (χ0v) is 12.6. The average molecular weight is 316 g/mol. The third-order valence-corrected chi connectivity index (χ3v) is 3.91. The SMILES string of the molecule is NC(N)=Nc1nc(-c2cccc(CNC(=O)C3CC3)n2)cs1. The van der Waals surface area contributed by atoms with Crippen molar-refractivity contribution < 1.29 is 4.79 Å². The van der Waals surface area contributed by atoms with Crippen LogP contribution in [0.4, 0.5) is 5.13 Å². The van der Waals surface area contributed by atoms with Gasteiger partial charge in [-0.3, -0.25) is 4.79 Å². The molecule has 3 rings (SSSR count). The molecule has 0 saturated heterocycles. The molecule has 0 atom stereocenters. The van der Waals surface area contributed by atoms with E-state index in [1.54, 1.807) is 0 Å². The van der Waals surface area contributed by atoms with E-state index in [1.165, 1.54) is 11.3 Å². The lowest BCUT2D eigenvalue weighted by atomic mass is 10.2. The molecule has 1 aliphatic carbocycles. The van der Waals surface area contributed by atoms with E-state index >= 15 is 0 Å². The van der Waals surface area contributed by atoms with Crippen molar-refractivity contribution in [2.45, 2.75) is 19.4 Å². The van der Waals surface area contributed by atoms with Gasteiger partial charge in [-0.05, 0) is 25.0 Å². The highest BCUT2D eigenvalue weighted by Crippen LogP contribution is 2.29. The lowest BCUT2D eigenvalue weighted by molar-refractivity contribution is -0.122. The summed E-state index contributed by atoms with van der Waals surface area (Å²) >= 11 is 1.34. The van der Waals surface area contributed by atoms with Crippen LogP contribution < -0.4 is 16.8 Å². The molecule has 1 fully saturated rings. The van der Waals surface area contributed by atoms with Gasteiger partial charge in [0.25, 0.3) is 0 Å². The fourth-order valence-corrected chi connectivity index (χ4v) is 2.63. The molecule has 2 heterocycles. The van der Waals surface area contributed by atoms with Crippen molar-refractivity contribution >= 4 is 28.3 Å². The molecule has 0 spiro atoms. The highest BCUT2D eigenvalue weighted by Gasteiger charge is 2.29. The molecule has 114 valence electrons. The average Bonchev–Trinajstić information content (AvgIpc) is 3.25. The van der Waals surface area contributed by atoms with Gasteiger partial charge in [-0.15, -0.1) is 11.3 Å². The number of rotatable bonds is 5. The van der Waals surface area contributed by atoms with Crippen LogP contribution in [0.5, 0.6) is 0 Å². The van der Waals surface area contributed by atoms with Crippen LogP contribution in [0, 0.1) is 5.92 Å². The highest BCUT2D eigenvalue weighted by molar-refractivity contribution is 7.13. The Labute approximate surface area is 131 Å². The molecule has 0 aromatic carbocycles. The van der Waals surface area contributed by atoms with Crippen molar-refractivity contribution in [3.8, 4) is 11.4 Å². The van der Waals surface area contributed by atoms with Crippen molar-refractivity contribution in [2.24, 2.45) is 22.4 Å². The Hall–Kier alpha value is -2.48. The van der Waals surface area contributed by atoms with Crippen LogP contribution in [0.15, 0.2) is 28.6 Å². The number of nitrogens with one attached hydrogen (secondary N) is 1. The number of hydrogen-bond donors (Lipinski definition) is 3. The minimum Gasteiger partial charge on any atom is -0.370 e. The third-order valence-electron chi connectivity index (χ3n) is 3.18. The Balaban J connectivity index is 1.71. The van der Waals surface area contributed by atoms with Crippen molar-refractivity contribution in [3.63, 3.8) is 0 Å². The maximum absolute atomic E-state index is 11.7. The van der Waals surface area contributed by atoms with Gasteiger partial charge in [-0.1, -0.05) is 6.07 Å². The summed E-state index contributed by atoms with van der Waals surface area (Å²) in [7, 11) is 0. The summed E-state index contributed by atoms with van der Waals surface area (Å²) in [5, 5.41) is 5.23. The lowest BCUT2D eigenvalue weighted by Gasteiger charge is -2.05. The third kappa shape index (κ3) is 3.59. The fraction of sp³-hybridized carbons (Fsp3) is 0.286. The number of amides is 1. The lowest BCUT2D eigenvalue weighted by Crippen LogP contribution is -2.24. The molecule has 1 saturated carbocycles. The quantitative estimate of drug-likeness (QED) is 0.564. The van der Waals surface area contributed by atoms with Crippen LogP contribution in [-0.2, 0) is 11.3 Å². The van der Waals surface area contributed by atoms with Gasteiger partial charge >= 0.3 is 0 Å². The maximum atomic E-state index is 11.7. The van der Waals surface area contributed by atoms with E-state index in [0.29, 0.717) is 17.4 Å². The Bertz CT molecular complexity index is 718. The molecule has 2 aromatic rings. The van der Waals surface area contributed by atoms with Crippen LogP contribution in [0.25, 0.3) is 11.4 Å². The number of pyridine rings is 1. The topological polar surface area (TPSA) is 119 Å². The van der Waals surface area contributed by atoms with E-state index < -0.39 is 0 Å². The number of nitrogens with zero attached hydrogens (tertiary/aromatic N) is 3. The number of aromatic nitrogens is 2. The van der Waals surface area contributed by atoms with Gasteiger partial charge < -0.3 is 16.8 Å². The molecular formula is C14H16N6OS. The molecule has 2 aromatic heterocycles. The fourth-order valence-electron chi connectivity index (χ4n) is 1.93. The Morgan fingerprint density at radius 2 is 2.14 bits per heavy atom. The van der Waals surface area contributed by atoms with Gasteiger partial charge in [0.15, 0.2) is 5.96 Å². The number of carbonyl (C=O) groups excluding carboxylic acids is 1. The normalized spacial score (nSPS) is 13.6. The summed E-state index contributed by atoms with van der Waals surface area (Å²) in [6.45, 7) is 0.425. The Kier molecular flexibility index (Phi) is 4.01. The first-order chi connectivity index (χ1) is 10.6. The largest absolute Gasteiger partial charge is 0.370 e. The number of nitrogens with two attached hydrogens (primary N) is 2. The minimum absolute atomic E-state index is 0.0228. The van der Waals surface area contributed by atoms with Crippen LogP contribution >= 0.6 is 11.3 Å². The van der Waals surface area contributed by atoms with Crippen LogP contribution in [0.2, 0.25) is 0 Å². The molecule has 22 heavy (non-hydrogen) atoms. The first kappa shape index (κ1) is 14.5. The second-order valence-corrected chi connectivity index (χ2v) is 5.89. The number of thiazole rings is 1. The number of carbonyl (C=O) groups is 1. The van der Waals surface area contributed by atoms with E-state index in [2.05, 4.69) is 20.3 Å². The molecule has 0 bridgehead atoms. The summed E-state index contributed by atoms with van der Waals surface area (Å²) in [6, 6.07) is 5.63. The summed E-state index contributed by atoms with van der Waals surface area (Å²) < 4.78 is 0. The molecule has 0 radical (unpaired) electrons. The van der Waals surface area contributed by atoms with Gasteiger partial charge in [0.05, 0.1) is 17.9 Å². The van der Waals surface area contributed by atoms with Crippen LogP contribution in [0.3, 0.4) is 0 Å². The molecule has 5 N–H and O–H groups in total. The van der Waals surface area contributed by atoms with E-state index in [1.807, 2.05) is 23.6 Å². The highest BCUT2D eigenvalue weighted by atomic mass is 32.1. The van der Waals surface area contributed by atoms with Gasteiger partial charge in [0.1, 0.15) is 5.69 Å². The predicted octanol–water partition coefficient (Wildman–Crippen LogP) is 1.14. The van der Waals surface area contributed by atoms with Crippen molar-refractivity contribution in [1.82, 2.24) is 15.3 Å². The van der Waals surface area contributed by atoms with Gasteiger partial charge in [-0.25, -0.2) is 9.97 Å². The second kappa shape index (κ2) is 6.10. The Morgan fingerprint density at radius 1 is 1.32 bits per heavy atom. The molecule has 1 amide bonds. The molecule has 1 aliphatic rings. The van der Waals surface area contributed by atoms with Gasteiger partial charge in [0, 0.05) is 11.3 Å². The molecule has 8 heteroatoms. The van der Waals surface area contributed by atoms with Crippen LogP contribution in [0.1, 0.15) is 18.5 Å². The van der Waals surface area contributed by atoms with Crippen molar-refractivity contribution in [1.29, 1.82) is 0 Å². The standard InChI is InChI=1S/C14H16N6OS/c15-13(16)20-14-19-11(7-22-14)10-3-1-2-9(18-10)6-17-12(21)8-4-5-8/h1-3,7-8H,4-6H2,(H,17,21)(H4,15,16,19,20). The first-order valence-corrected chi connectivity index (χ1v) is 7.79. The molecular weight excluding hydrogens is 300 g/mol. The number of guanidine groups is 1. The van der Waals surface area contributed by atoms with Gasteiger partial charge in [-0.2, -0.15) is 4.99 Å². The van der Waals surface area contributed by atoms with Crippen molar-refractivity contribution in [3.05, 3.63) is 29.3 Å². The smallest absolute Gasteiger partial charge is 0.223 e. The van der Waals surface area contributed by atoms with E-state index in [-0.39, 0.29) is 17.8 Å². The van der Waals surface area contributed by atoms with E-state index in [9.17, 15) is 4.79 Å². The maximum Gasteiger partial charge on any atom is 0.223 e. The summed E-state index contributed by atoms with van der Waals surface area (Å²) in [4.78, 5) is 24.4. The zero-order chi connectivity index (χ0) is 15.5. The molecule has 0 unspecified atom stereocenters.